The molecule has 0 spiro atoms. The van der Waals surface area contributed by atoms with Crippen molar-refractivity contribution in [3.63, 3.8) is 0 Å². The van der Waals surface area contributed by atoms with Gasteiger partial charge in [-0.1, -0.05) is 11.6 Å². The van der Waals surface area contributed by atoms with E-state index in [-0.39, 0.29) is 11.9 Å². The summed E-state index contributed by atoms with van der Waals surface area (Å²) < 4.78 is 2.03. The molecule has 168 valence electrons. The van der Waals surface area contributed by atoms with Crippen LogP contribution in [0.3, 0.4) is 0 Å². The minimum atomic E-state index is 0.200. The standard InChI is InChI=1S/C21H31ClN8O/c1-15(29-9-3-4-19(29)31)5-8-23-20-18(22)13-24-21(27-20)26-16-12-25-30(14-16)17-6-10-28(2)11-7-17/h12-15,17H,3-11H2,1-2H3,(H2,23,24,26,27). The van der Waals surface area contributed by atoms with Gasteiger partial charge < -0.3 is 20.4 Å². The Balaban J connectivity index is 1.32. The first-order chi connectivity index (χ1) is 15.0. The van der Waals surface area contributed by atoms with Gasteiger partial charge in [0.15, 0.2) is 0 Å². The molecule has 9 nitrogen and oxygen atoms in total. The van der Waals surface area contributed by atoms with Crippen molar-refractivity contribution in [2.75, 3.05) is 43.9 Å². The molecule has 2 N–H and O–H groups in total. The van der Waals surface area contributed by atoms with Gasteiger partial charge in [0.05, 0.1) is 24.1 Å². The first-order valence-corrected chi connectivity index (χ1v) is 11.4. The SMILES string of the molecule is CC(CCNc1nc(Nc2cnn(C3CCN(C)CC3)c2)ncc1Cl)N1CCCC1=O. The van der Waals surface area contributed by atoms with Crippen molar-refractivity contribution in [3.8, 4) is 0 Å². The summed E-state index contributed by atoms with van der Waals surface area (Å²) >= 11 is 6.28. The number of hydrogen-bond donors (Lipinski definition) is 2. The van der Waals surface area contributed by atoms with Crippen molar-refractivity contribution < 1.29 is 4.79 Å². The second-order valence-corrected chi connectivity index (χ2v) is 8.92. The van der Waals surface area contributed by atoms with Crippen LogP contribution in [-0.4, -0.2) is 74.7 Å². The summed E-state index contributed by atoms with van der Waals surface area (Å²) in [6, 6.07) is 0.630. The molecule has 1 amide bonds. The predicted octanol–water partition coefficient (Wildman–Crippen LogP) is 3.15. The predicted molar refractivity (Wildman–Crippen MR) is 122 cm³/mol. The quantitative estimate of drug-likeness (QED) is 0.643. The number of carbonyl (C=O) groups is 1. The van der Waals surface area contributed by atoms with Gasteiger partial charge in [0, 0.05) is 31.7 Å². The maximum absolute atomic E-state index is 11.9. The lowest BCUT2D eigenvalue weighted by atomic mass is 10.1. The summed E-state index contributed by atoms with van der Waals surface area (Å²) in [5.41, 5.74) is 0.855. The van der Waals surface area contributed by atoms with Gasteiger partial charge in [-0.25, -0.2) is 4.98 Å². The fraction of sp³-hybridized carbons (Fsp3) is 0.619. The molecule has 2 aliphatic heterocycles. The zero-order valence-electron chi connectivity index (χ0n) is 18.2. The van der Waals surface area contributed by atoms with Crippen LogP contribution in [0, 0.1) is 0 Å². The first-order valence-electron chi connectivity index (χ1n) is 11.0. The van der Waals surface area contributed by atoms with Gasteiger partial charge in [-0.15, -0.1) is 0 Å². The number of aromatic nitrogens is 4. The van der Waals surface area contributed by atoms with Crippen LogP contribution in [0.2, 0.25) is 5.02 Å². The van der Waals surface area contributed by atoms with E-state index in [0.717, 1.165) is 51.0 Å². The molecule has 4 rings (SSSR count). The Hall–Kier alpha value is -2.39. The fourth-order valence-corrected chi connectivity index (χ4v) is 4.39. The summed E-state index contributed by atoms with van der Waals surface area (Å²) in [5, 5.41) is 11.5. The number of halogens is 1. The molecular weight excluding hydrogens is 416 g/mol. The maximum atomic E-state index is 11.9. The van der Waals surface area contributed by atoms with Crippen LogP contribution in [0.1, 0.15) is 45.1 Å². The lowest BCUT2D eigenvalue weighted by Crippen LogP contribution is -2.35. The molecule has 0 radical (unpaired) electrons. The summed E-state index contributed by atoms with van der Waals surface area (Å²) in [6.07, 6.45) is 10.1. The van der Waals surface area contributed by atoms with E-state index in [2.05, 4.69) is 44.6 Å². The summed E-state index contributed by atoms with van der Waals surface area (Å²) in [5.74, 6) is 1.30. The summed E-state index contributed by atoms with van der Waals surface area (Å²) in [7, 11) is 2.16. The van der Waals surface area contributed by atoms with Crippen LogP contribution in [0.5, 0.6) is 0 Å². The number of carbonyl (C=O) groups excluding carboxylic acids is 1. The Morgan fingerprint density at radius 1 is 1.26 bits per heavy atom. The van der Waals surface area contributed by atoms with Gasteiger partial charge in [-0.05, 0) is 52.7 Å². The van der Waals surface area contributed by atoms with Crippen molar-refractivity contribution >= 4 is 35.0 Å². The highest BCUT2D eigenvalue weighted by atomic mass is 35.5. The van der Waals surface area contributed by atoms with Crippen LogP contribution in [0.25, 0.3) is 0 Å². The molecule has 4 heterocycles. The van der Waals surface area contributed by atoms with Gasteiger partial charge in [0.25, 0.3) is 0 Å². The second kappa shape index (κ2) is 9.82. The minimum absolute atomic E-state index is 0.200. The van der Waals surface area contributed by atoms with Crippen LogP contribution >= 0.6 is 11.6 Å². The van der Waals surface area contributed by atoms with Gasteiger partial charge in [0.2, 0.25) is 11.9 Å². The van der Waals surface area contributed by atoms with E-state index in [1.54, 1.807) is 12.4 Å². The normalized spacial score (nSPS) is 19.1. The molecule has 2 aromatic rings. The van der Waals surface area contributed by atoms with Crippen molar-refractivity contribution in [1.29, 1.82) is 0 Å². The van der Waals surface area contributed by atoms with Gasteiger partial charge in [-0.2, -0.15) is 10.1 Å². The molecule has 1 unspecified atom stereocenters. The molecule has 1 atom stereocenters. The number of rotatable bonds is 8. The lowest BCUT2D eigenvalue weighted by Gasteiger charge is -2.28. The Bertz CT molecular complexity index is 895. The third kappa shape index (κ3) is 5.46. The average molecular weight is 447 g/mol. The molecule has 2 aromatic heterocycles. The molecule has 0 aliphatic carbocycles. The topological polar surface area (TPSA) is 91.2 Å². The molecule has 2 saturated heterocycles. The van der Waals surface area contributed by atoms with Gasteiger partial charge >= 0.3 is 0 Å². The summed E-state index contributed by atoms with van der Waals surface area (Å²) in [4.78, 5) is 25.0. The molecule has 0 bridgehead atoms. The molecule has 2 fully saturated rings. The maximum Gasteiger partial charge on any atom is 0.229 e. The van der Waals surface area contributed by atoms with Crippen LogP contribution < -0.4 is 10.6 Å². The minimum Gasteiger partial charge on any atom is -0.369 e. The molecule has 31 heavy (non-hydrogen) atoms. The van der Waals surface area contributed by atoms with Crippen LogP contribution in [-0.2, 0) is 4.79 Å². The number of nitrogens with one attached hydrogen (secondary N) is 2. The van der Waals surface area contributed by atoms with Crippen LogP contribution in [0.4, 0.5) is 17.5 Å². The first kappa shape index (κ1) is 21.8. The number of piperidine rings is 1. The Labute approximate surface area is 188 Å². The highest BCUT2D eigenvalue weighted by Crippen LogP contribution is 2.25. The highest BCUT2D eigenvalue weighted by molar-refractivity contribution is 6.32. The van der Waals surface area contributed by atoms with Gasteiger partial charge in [0.1, 0.15) is 10.8 Å². The second-order valence-electron chi connectivity index (χ2n) is 8.51. The number of nitrogens with zero attached hydrogens (tertiary/aromatic N) is 6. The summed E-state index contributed by atoms with van der Waals surface area (Å²) in [6.45, 7) is 5.80. The number of hydrogen-bond acceptors (Lipinski definition) is 7. The Morgan fingerprint density at radius 2 is 2.06 bits per heavy atom. The average Bonchev–Trinajstić information content (AvgIpc) is 3.40. The highest BCUT2D eigenvalue weighted by Gasteiger charge is 2.24. The number of amides is 1. The van der Waals surface area contributed by atoms with Crippen molar-refractivity contribution in [2.24, 2.45) is 0 Å². The lowest BCUT2D eigenvalue weighted by molar-refractivity contribution is -0.129. The smallest absolute Gasteiger partial charge is 0.229 e. The van der Waals surface area contributed by atoms with E-state index in [1.165, 1.54) is 0 Å². The zero-order chi connectivity index (χ0) is 21.8. The third-order valence-electron chi connectivity index (χ3n) is 6.16. The number of anilines is 3. The van der Waals surface area contributed by atoms with Crippen LogP contribution in [0.15, 0.2) is 18.6 Å². The molecule has 2 aliphatic rings. The van der Waals surface area contributed by atoms with E-state index in [0.29, 0.717) is 35.8 Å². The van der Waals surface area contributed by atoms with Crippen molar-refractivity contribution in [1.82, 2.24) is 29.5 Å². The molecule has 10 heteroatoms. The molecular formula is C21H31ClN8O. The molecule has 0 aromatic carbocycles. The van der Waals surface area contributed by atoms with Crippen molar-refractivity contribution in [2.45, 2.75) is 51.1 Å². The van der Waals surface area contributed by atoms with E-state index in [9.17, 15) is 4.79 Å². The zero-order valence-corrected chi connectivity index (χ0v) is 19.0. The van der Waals surface area contributed by atoms with Gasteiger partial charge in [-0.3, -0.25) is 9.48 Å². The van der Waals surface area contributed by atoms with E-state index in [4.69, 9.17) is 11.6 Å². The van der Waals surface area contributed by atoms with E-state index >= 15 is 0 Å². The largest absolute Gasteiger partial charge is 0.369 e. The molecule has 0 saturated carbocycles. The number of likely N-dealkylation sites (tertiary alicyclic amines) is 2. The monoisotopic (exact) mass is 446 g/mol. The Kier molecular flexibility index (Phi) is 6.92. The fourth-order valence-electron chi connectivity index (χ4n) is 4.23. The van der Waals surface area contributed by atoms with E-state index in [1.807, 2.05) is 15.8 Å². The third-order valence-corrected chi connectivity index (χ3v) is 6.44. The van der Waals surface area contributed by atoms with E-state index < -0.39 is 0 Å². The Morgan fingerprint density at radius 3 is 2.81 bits per heavy atom. The van der Waals surface area contributed by atoms with Crippen molar-refractivity contribution in [3.05, 3.63) is 23.6 Å².